The summed E-state index contributed by atoms with van der Waals surface area (Å²) in [5.74, 6) is 0. The van der Waals surface area contributed by atoms with Crippen LogP contribution in [0.5, 0.6) is 0 Å². The maximum Gasteiger partial charge on any atom is 4.00 e. The van der Waals surface area contributed by atoms with Crippen molar-refractivity contribution in [1.82, 2.24) is 0 Å². The van der Waals surface area contributed by atoms with Crippen molar-refractivity contribution in [3.63, 3.8) is 0 Å². The second-order valence-electron chi connectivity index (χ2n) is 6.87. The van der Waals surface area contributed by atoms with Crippen molar-refractivity contribution < 1.29 is 74.2 Å². The summed E-state index contributed by atoms with van der Waals surface area (Å²) in [6, 6.07) is 13.1. The Bertz CT molecular complexity index is 687. The van der Waals surface area contributed by atoms with Gasteiger partial charge < -0.3 is 48.0 Å². The maximum absolute atomic E-state index is 3.44. The molecule has 0 unspecified atom stereocenters. The normalized spacial score (nSPS) is 14.6. The average molecular weight is 637 g/mol. The molecular formula is C22H28I2Zr. The zero-order valence-electron chi connectivity index (χ0n) is 16.1. The monoisotopic (exact) mass is 636 g/mol. The van der Waals surface area contributed by atoms with Gasteiger partial charge in [0.15, 0.2) is 0 Å². The molecular weight excluding hydrogens is 609 g/mol. The summed E-state index contributed by atoms with van der Waals surface area (Å²) in [6.07, 6.45) is 5.87. The Balaban J connectivity index is 0. The average Bonchev–Trinajstić information content (AvgIpc) is 2.95. The first-order valence-electron chi connectivity index (χ1n) is 8.29. The van der Waals surface area contributed by atoms with Crippen LogP contribution in [-0.4, -0.2) is 0 Å². The second kappa shape index (κ2) is 12.2. The third-order valence-corrected chi connectivity index (χ3v) is 4.78. The molecule has 3 rings (SSSR count). The van der Waals surface area contributed by atoms with E-state index >= 15 is 0 Å². The van der Waals surface area contributed by atoms with E-state index in [1.807, 2.05) is 0 Å². The third kappa shape index (κ3) is 7.29. The third-order valence-electron chi connectivity index (χ3n) is 4.78. The van der Waals surface area contributed by atoms with Gasteiger partial charge in [0.25, 0.3) is 0 Å². The minimum Gasteiger partial charge on any atom is -1.00 e. The molecule has 1 aliphatic carbocycles. The molecule has 25 heavy (non-hydrogen) atoms. The fraction of sp³-hybridized carbons (Fsp3) is 0.409. The van der Waals surface area contributed by atoms with Crippen LogP contribution in [0.1, 0.15) is 53.5 Å². The number of fused-ring (bicyclic) bond motifs is 1. The van der Waals surface area contributed by atoms with E-state index in [4.69, 9.17) is 0 Å². The van der Waals surface area contributed by atoms with E-state index in [-0.39, 0.29) is 79.6 Å². The van der Waals surface area contributed by atoms with Crippen molar-refractivity contribution in [2.75, 3.05) is 0 Å². The first-order chi connectivity index (χ1) is 10.3. The Labute approximate surface area is 207 Å². The first-order valence-corrected chi connectivity index (χ1v) is 8.29. The van der Waals surface area contributed by atoms with Gasteiger partial charge in [-0.3, -0.25) is 6.08 Å². The van der Waals surface area contributed by atoms with Gasteiger partial charge in [-0.2, -0.15) is 17.2 Å². The molecule has 2 aromatic rings. The maximum atomic E-state index is 3.44. The molecule has 0 aliphatic heterocycles. The fourth-order valence-corrected chi connectivity index (χ4v) is 3.05. The van der Waals surface area contributed by atoms with Gasteiger partial charge in [-0.1, -0.05) is 52.5 Å². The molecule has 0 bridgehead atoms. The SMILES string of the molecule is CC1=[C-]C(C)(C)C(C)=C1C.CCCc1cc2ccccc2[cH-]1.[I-].[I-].[Zr+4]. The predicted molar refractivity (Wildman–Crippen MR) is 98.1 cm³/mol. The number of hydrogen-bond donors (Lipinski definition) is 0. The zero-order chi connectivity index (χ0) is 16.3. The molecule has 0 saturated carbocycles. The topological polar surface area (TPSA) is 0 Å². The second-order valence-corrected chi connectivity index (χ2v) is 6.87. The first kappa shape index (κ1) is 27.9. The van der Waals surface area contributed by atoms with Gasteiger partial charge >= 0.3 is 26.2 Å². The summed E-state index contributed by atoms with van der Waals surface area (Å²) >= 11 is 0. The van der Waals surface area contributed by atoms with E-state index in [0.29, 0.717) is 0 Å². The summed E-state index contributed by atoms with van der Waals surface area (Å²) in [4.78, 5) is 0. The zero-order valence-corrected chi connectivity index (χ0v) is 22.9. The number of rotatable bonds is 2. The van der Waals surface area contributed by atoms with Gasteiger partial charge in [0.05, 0.1) is 0 Å². The molecule has 0 radical (unpaired) electrons. The number of halogens is 2. The summed E-state index contributed by atoms with van der Waals surface area (Å²) in [5.41, 5.74) is 5.87. The summed E-state index contributed by atoms with van der Waals surface area (Å²) in [7, 11) is 0. The Hall–Kier alpha value is 0.653. The molecule has 3 heteroatoms. The van der Waals surface area contributed by atoms with Crippen molar-refractivity contribution >= 4 is 10.8 Å². The van der Waals surface area contributed by atoms with Gasteiger partial charge in [0, 0.05) is 0 Å². The quantitative estimate of drug-likeness (QED) is 0.335. The van der Waals surface area contributed by atoms with Crippen LogP contribution >= 0.6 is 0 Å². The van der Waals surface area contributed by atoms with Gasteiger partial charge in [-0.15, -0.1) is 47.5 Å². The smallest absolute Gasteiger partial charge is 1.00 e. The van der Waals surface area contributed by atoms with Crippen LogP contribution < -0.4 is 48.0 Å². The summed E-state index contributed by atoms with van der Waals surface area (Å²) in [6.45, 7) is 13.1. The molecule has 1 aliphatic rings. The van der Waals surface area contributed by atoms with Crippen LogP contribution in [0.3, 0.4) is 0 Å². The van der Waals surface area contributed by atoms with Crippen molar-refractivity contribution in [1.29, 1.82) is 0 Å². The van der Waals surface area contributed by atoms with Gasteiger partial charge in [0.1, 0.15) is 0 Å². The van der Waals surface area contributed by atoms with Crippen molar-refractivity contribution in [2.24, 2.45) is 5.41 Å². The molecule has 0 aromatic heterocycles. The Kier molecular flexibility index (Phi) is 13.6. The van der Waals surface area contributed by atoms with Crippen LogP contribution in [0.4, 0.5) is 0 Å². The molecule has 0 nitrogen and oxygen atoms in total. The summed E-state index contributed by atoms with van der Waals surface area (Å²) in [5, 5.41) is 2.75. The summed E-state index contributed by atoms with van der Waals surface area (Å²) < 4.78 is 0. The van der Waals surface area contributed by atoms with E-state index in [9.17, 15) is 0 Å². The molecule has 0 amide bonds. The predicted octanol–water partition coefficient (Wildman–Crippen LogP) is 0.629. The van der Waals surface area contributed by atoms with E-state index in [1.165, 1.54) is 45.9 Å². The van der Waals surface area contributed by atoms with Crippen molar-refractivity contribution in [2.45, 2.75) is 54.4 Å². The van der Waals surface area contributed by atoms with Gasteiger partial charge in [0.2, 0.25) is 0 Å². The molecule has 0 atom stereocenters. The van der Waals surface area contributed by atoms with Crippen LogP contribution in [0.15, 0.2) is 53.1 Å². The standard InChI is InChI=1S/C12H13.C10H15.2HI.Zr/c1-2-5-10-8-11-6-3-4-7-12(11)9-10;1-7-6-10(4,5)9(3)8(7)2;;;/h3-4,6-9H,2,5H2,1H3;1-5H3;2*1H;/q2*-1;;;+4/p-2. The van der Waals surface area contributed by atoms with Crippen LogP contribution in [0.2, 0.25) is 0 Å². The fourth-order valence-electron chi connectivity index (χ4n) is 3.05. The molecule has 134 valence electrons. The van der Waals surface area contributed by atoms with Crippen LogP contribution in [0.25, 0.3) is 10.8 Å². The van der Waals surface area contributed by atoms with E-state index < -0.39 is 0 Å². The van der Waals surface area contributed by atoms with Gasteiger partial charge in [-0.05, 0) is 6.42 Å². The molecule has 0 fully saturated rings. The van der Waals surface area contributed by atoms with E-state index in [1.54, 1.807) is 0 Å². The molecule has 0 saturated heterocycles. The molecule has 0 N–H and O–H groups in total. The van der Waals surface area contributed by atoms with E-state index in [2.05, 4.69) is 84.0 Å². The Morgan fingerprint density at radius 2 is 1.64 bits per heavy atom. The number of benzene rings is 1. The van der Waals surface area contributed by atoms with E-state index in [0.717, 1.165) is 0 Å². The minimum atomic E-state index is 0. The van der Waals surface area contributed by atoms with Crippen molar-refractivity contribution in [3.8, 4) is 0 Å². The number of aryl methyl sites for hydroxylation is 1. The Morgan fingerprint density at radius 1 is 1.04 bits per heavy atom. The number of allylic oxidation sites excluding steroid dienone is 4. The van der Waals surface area contributed by atoms with Gasteiger partial charge in [-0.25, -0.2) is 5.57 Å². The van der Waals surface area contributed by atoms with Crippen molar-refractivity contribution in [3.05, 3.63) is 64.8 Å². The molecule has 0 heterocycles. The van der Waals surface area contributed by atoms with Crippen LogP contribution in [-0.2, 0) is 32.6 Å². The Morgan fingerprint density at radius 3 is 2.04 bits per heavy atom. The van der Waals surface area contributed by atoms with Crippen LogP contribution in [0, 0.1) is 11.5 Å². The largest absolute Gasteiger partial charge is 4.00 e. The molecule has 2 aromatic carbocycles. The molecule has 0 spiro atoms. The number of hydrogen-bond acceptors (Lipinski definition) is 0. The minimum absolute atomic E-state index is 0.